The van der Waals surface area contributed by atoms with Gasteiger partial charge in [0, 0.05) is 33.4 Å². The SMILES string of the molecule is N#CC(C#N)=C1C(c2ncc(F)cn2)=C(C#N)c2cc3c(cc21)C(=C(C#N)C#N)C(c1ncc(F)cn1)=C3C#N. The lowest BCUT2D eigenvalue weighted by Crippen LogP contribution is -1.99. The highest BCUT2D eigenvalue weighted by Gasteiger charge is 2.38. The van der Waals surface area contributed by atoms with Gasteiger partial charge in [-0.15, -0.1) is 0 Å². The molecule has 0 saturated heterocycles. The van der Waals surface area contributed by atoms with E-state index in [-0.39, 0.29) is 67.3 Å². The minimum Gasteiger partial charge on any atom is -0.233 e. The summed E-state index contributed by atoms with van der Waals surface area (Å²) in [7, 11) is 0. The average molecular weight is 520 g/mol. The van der Waals surface area contributed by atoms with E-state index in [1.165, 1.54) is 12.1 Å². The zero-order chi connectivity index (χ0) is 28.6. The van der Waals surface area contributed by atoms with Crippen LogP contribution in [0.25, 0.3) is 33.4 Å². The van der Waals surface area contributed by atoms with Gasteiger partial charge in [0.2, 0.25) is 0 Å². The van der Waals surface area contributed by atoms with E-state index in [4.69, 9.17) is 0 Å². The zero-order valence-electron chi connectivity index (χ0n) is 19.7. The standard InChI is InChI=1S/C28H6F2N10/c29-15-9-37-27(38-10-15)25-21(7-35)17-1-18-20(2-19(17)23(25)13(3-31)4-32)24(14(5-33)6-34)26(22(18)8-36)28-39-11-16(30)12-40-28/h1-2,9-12H. The maximum Gasteiger partial charge on any atom is 0.161 e. The first kappa shape index (κ1) is 24.8. The Morgan fingerprint density at radius 3 is 1.15 bits per heavy atom. The lowest BCUT2D eigenvalue weighted by atomic mass is 9.91. The fourth-order valence-corrected chi connectivity index (χ4v) is 4.57. The molecule has 1 aromatic carbocycles. The molecule has 5 rings (SSSR count). The van der Waals surface area contributed by atoms with Crippen LogP contribution >= 0.6 is 0 Å². The third kappa shape index (κ3) is 3.56. The molecule has 0 N–H and O–H groups in total. The van der Waals surface area contributed by atoms with Gasteiger partial charge in [-0.1, -0.05) is 0 Å². The molecule has 2 heterocycles. The topological polar surface area (TPSA) is 194 Å². The van der Waals surface area contributed by atoms with E-state index < -0.39 is 22.8 Å². The summed E-state index contributed by atoms with van der Waals surface area (Å²) in [6.07, 6.45) is 3.45. The van der Waals surface area contributed by atoms with Gasteiger partial charge in [0.25, 0.3) is 0 Å². The molecule has 2 aliphatic carbocycles. The molecular formula is C28H6F2N10. The molecule has 10 nitrogen and oxygen atoms in total. The third-order valence-electron chi connectivity index (χ3n) is 6.09. The zero-order valence-corrected chi connectivity index (χ0v) is 19.7. The monoisotopic (exact) mass is 520 g/mol. The fraction of sp³-hybridized carbons (Fsp3) is 0. The van der Waals surface area contributed by atoms with E-state index in [9.17, 15) is 40.4 Å². The van der Waals surface area contributed by atoms with Crippen molar-refractivity contribution in [1.29, 1.82) is 31.6 Å². The van der Waals surface area contributed by atoms with Gasteiger partial charge < -0.3 is 0 Å². The molecule has 0 fully saturated rings. The largest absolute Gasteiger partial charge is 0.233 e. The summed E-state index contributed by atoms with van der Waals surface area (Å²) in [5, 5.41) is 59.3. The number of hydrogen-bond donors (Lipinski definition) is 0. The molecule has 0 aliphatic heterocycles. The Labute approximate surface area is 223 Å². The highest BCUT2D eigenvalue weighted by atomic mass is 19.1. The second-order valence-electron chi connectivity index (χ2n) is 8.06. The van der Waals surface area contributed by atoms with E-state index in [2.05, 4.69) is 19.9 Å². The maximum atomic E-state index is 13.6. The minimum absolute atomic E-state index is 0.00447. The number of allylic oxidation sites excluding steroid dienone is 8. The van der Waals surface area contributed by atoms with Crippen LogP contribution < -0.4 is 0 Å². The Balaban J connectivity index is 1.93. The summed E-state index contributed by atoms with van der Waals surface area (Å²) in [4.78, 5) is 15.7. The van der Waals surface area contributed by atoms with Crippen LogP contribution in [0.15, 0.2) is 48.1 Å². The number of rotatable bonds is 2. The van der Waals surface area contributed by atoms with Gasteiger partial charge in [-0.3, -0.25) is 0 Å². The number of hydrogen-bond acceptors (Lipinski definition) is 10. The molecule has 2 aliphatic rings. The molecule has 40 heavy (non-hydrogen) atoms. The molecule has 0 amide bonds. The van der Waals surface area contributed by atoms with Gasteiger partial charge in [0.05, 0.1) is 35.9 Å². The molecule has 0 spiro atoms. The van der Waals surface area contributed by atoms with Crippen molar-refractivity contribution in [2.45, 2.75) is 0 Å². The minimum atomic E-state index is -0.752. The average Bonchev–Trinajstić information content (AvgIpc) is 3.46. The Morgan fingerprint density at radius 2 is 0.850 bits per heavy atom. The second-order valence-corrected chi connectivity index (χ2v) is 8.06. The van der Waals surface area contributed by atoms with Crippen LogP contribution in [0.3, 0.4) is 0 Å². The quantitative estimate of drug-likeness (QED) is 0.445. The van der Waals surface area contributed by atoms with Crippen molar-refractivity contribution in [2.75, 3.05) is 0 Å². The molecule has 0 radical (unpaired) electrons. The Hall–Kier alpha value is -6.86. The molecule has 0 saturated carbocycles. The number of aromatic nitrogens is 4. The van der Waals surface area contributed by atoms with Crippen molar-refractivity contribution in [3.63, 3.8) is 0 Å². The first-order valence-electron chi connectivity index (χ1n) is 11.0. The van der Waals surface area contributed by atoms with E-state index in [1.807, 2.05) is 12.1 Å². The van der Waals surface area contributed by atoms with Crippen molar-refractivity contribution >= 4 is 33.4 Å². The molecule has 0 unspecified atom stereocenters. The summed E-state index contributed by atoms with van der Waals surface area (Å²) < 4.78 is 27.2. The van der Waals surface area contributed by atoms with Gasteiger partial charge in [-0.2, -0.15) is 31.6 Å². The molecular weight excluding hydrogens is 514 g/mol. The highest BCUT2D eigenvalue weighted by molar-refractivity contribution is 6.29. The van der Waals surface area contributed by atoms with Crippen molar-refractivity contribution in [3.8, 4) is 36.4 Å². The first-order valence-corrected chi connectivity index (χ1v) is 11.0. The summed E-state index contributed by atoms with van der Waals surface area (Å²) in [6.45, 7) is 0. The number of nitriles is 6. The van der Waals surface area contributed by atoms with Gasteiger partial charge in [0.1, 0.15) is 47.6 Å². The number of fused-ring (bicyclic) bond motifs is 2. The highest BCUT2D eigenvalue weighted by Crippen LogP contribution is 2.53. The smallest absolute Gasteiger partial charge is 0.161 e. The van der Waals surface area contributed by atoms with E-state index in [0.717, 1.165) is 24.8 Å². The fourth-order valence-electron chi connectivity index (χ4n) is 4.57. The Morgan fingerprint density at radius 1 is 0.525 bits per heavy atom. The number of benzene rings is 1. The van der Waals surface area contributed by atoms with Crippen LogP contribution in [0, 0.1) is 79.6 Å². The Bertz CT molecular complexity index is 1880. The van der Waals surface area contributed by atoms with Crippen LogP contribution in [-0.2, 0) is 0 Å². The van der Waals surface area contributed by atoms with Crippen molar-refractivity contribution in [1.82, 2.24) is 19.9 Å². The van der Waals surface area contributed by atoms with Gasteiger partial charge in [0.15, 0.2) is 23.3 Å². The van der Waals surface area contributed by atoms with Crippen molar-refractivity contribution < 1.29 is 8.78 Å². The summed E-state index contributed by atoms with van der Waals surface area (Å²) >= 11 is 0. The first-order chi connectivity index (χ1) is 19.4. The van der Waals surface area contributed by atoms with E-state index >= 15 is 0 Å². The molecule has 0 bridgehead atoms. The van der Waals surface area contributed by atoms with Gasteiger partial charge >= 0.3 is 0 Å². The van der Waals surface area contributed by atoms with Crippen molar-refractivity contribution in [2.24, 2.45) is 0 Å². The van der Waals surface area contributed by atoms with Crippen LogP contribution in [0.1, 0.15) is 33.9 Å². The van der Waals surface area contributed by atoms with Crippen LogP contribution in [0.2, 0.25) is 0 Å². The summed E-state index contributed by atoms with van der Waals surface area (Å²) in [5.74, 6) is -1.76. The Kier molecular flexibility index (Phi) is 5.92. The maximum absolute atomic E-state index is 13.6. The van der Waals surface area contributed by atoms with E-state index in [1.54, 1.807) is 24.3 Å². The molecule has 12 heteroatoms. The molecule has 3 aromatic rings. The second kappa shape index (κ2) is 9.55. The summed E-state index contributed by atoms with van der Waals surface area (Å²) in [6, 6.07) is 14.0. The third-order valence-corrected chi connectivity index (χ3v) is 6.09. The number of nitrogens with zero attached hydrogens (tertiary/aromatic N) is 10. The molecule has 2 aromatic heterocycles. The predicted molar refractivity (Wildman–Crippen MR) is 132 cm³/mol. The van der Waals surface area contributed by atoms with Crippen LogP contribution in [-0.4, -0.2) is 19.9 Å². The van der Waals surface area contributed by atoms with Crippen LogP contribution in [0.4, 0.5) is 8.78 Å². The number of halogens is 2. The van der Waals surface area contributed by atoms with Gasteiger partial charge in [-0.05, 0) is 23.3 Å². The normalized spacial score (nSPS) is 12.8. The van der Waals surface area contributed by atoms with Crippen LogP contribution in [0.5, 0.6) is 0 Å². The van der Waals surface area contributed by atoms with Gasteiger partial charge in [-0.25, -0.2) is 28.7 Å². The lowest BCUT2D eigenvalue weighted by molar-refractivity contribution is 0.612. The van der Waals surface area contributed by atoms with Crippen molar-refractivity contribution in [3.05, 3.63) is 93.6 Å². The summed E-state index contributed by atoms with van der Waals surface area (Å²) in [5.41, 5.74) is -0.220. The lowest BCUT2D eigenvalue weighted by Gasteiger charge is -2.10. The molecule has 182 valence electrons. The predicted octanol–water partition coefficient (Wildman–Crippen LogP) is 4.04. The van der Waals surface area contributed by atoms with E-state index in [0.29, 0.717) is 0 Å². The molecule has 0 atom stereocenters.